The van der Waals surface area contributed by atoms with Crippen LogP contribution in [0, 0.1) is 0 Å². The summed E-state index contributed by atoms with van der Waals surface area (Å²) in [6.07, 6.45) is 0. The van der Waals surface area contributed by atoms with Gasteiger partial charge in [0.15, 0.2) is 0 Å². The van der Waals surface area contributed by atoms with E-state index in [-0.39, 0.29) is 6.92 Å². The molecule has 2 aliphatic heterocycles. The zero-order chi connectivity index (χ0) is 34.6. The number of aromatic nitrogens is 1. The summed E-state index contributed by atoms with van der Waals surface area (Å²) >= 11 is 0. The van der Waals surface area contributed by atoms with Crippen molar-refractivity contribution in [1.29, 1.82) is 0 Å². The van der Waals surface area contributed by atoms with E-state index in [4.69, 9.17) is 13.8 Å². The maximum atomic E-state index is 6.90. The smallest absolute Gasteiger partial charge is 0.434 e. The summed E-state index contributed by atoms with van der Waals surface area (Å²) in [5, 5.41) is 4.73. The summed E-state index contributed by atoms with van der Waals surface area (Å²) in [7, 11) is 0. The quantitative estimate of drug-likeness (QED) is 0.175. The van der Waals surface area contributed by atoms with Crippen molar-refractivity contribution in [2.75, 3.05) is 0 Å². The lowest BCUT2D eigenvalue weighted by molar-refractivity contribution is 0.480. The van der Waals surface area contributed by atoms with Crippen molar-refractivity contribution >= 4 is 61.6 Å². The second-order valence-electron chi connectivity index (χ2n) is 14.0. The molecule has 2 aliphatic rings. The van der Waals surface area contributed by atoms with Gasteiger partial charge in [0.2, 0.25) is 0 Å². The molecule has 5 heteroatoms. The second kappa shape index (κ2) is 10.8. The highest BCUT2D eigenvalue weighted by molar-refractivity contribution is 6.84. The van der Waals surface area contributed by atoms with Crippen molar-refractivity contribution in [2.45, 2.75) is 0 Å². The number of fused-ring (bicyclic) bond motifs is 10. The Hall–Kier alpha value is -6.98. The van der Waals surface area contributed by atoms with Gasteiger partial charge in [-0.3, -0.25) is 0 Å². The molecule has 10 aromatic rings. The van der Waals surface area contributed by atoms with Crippen molar-refractivity contribution in [2.24, 2.45) is 0 Å². The number of rotatable bonds is 3. The van der Waals surface area contributed by atoms with Crippen LogP contribution in [0.4, 0.5) is 0 Å². The van der Waals surface area contributed by atoms with Crippen LogP contribution < -0.4 is 20.3 Å². The van der Waals surface area contributed by atoms with Crippen LogP contribution in [-0.2, 0) is 0 Å². The average Bonchev–Trinajstić information content (AvgIpc) is 3.77. The van der Waals surface area contributed by atoms with Crippen LogP contribution in [0.1, 0.15) is 0 Å². The van der Waals surface area contributed by atoms with Gasteiger partial charge in [-0.15, -0.1) is 0 Å². The molecule has 4 heterocycles. The number of para-hydroxylation sites is 5. The van der Waals surface area contributed by atoms with Crippen molar-refractivity contribution in [3.8, 4) is 56.3 Å². The normalized spacial score (nSPS) is 12.8. The first kappa shape index (κ1) is 28.7. The summed E-state index contributed by atoms with van der Waals surface area (Å²) in [6.45, 7) is -0.290. The molecule has 0 saturated carbocycles. The SMILES string of the molecule is c1ccc2c(c1)OB1c3ccc(-c4ccc(-n5c6ccccc6c6ccccc65)cc4)cc3Oc3cc(-c4cccc5c4oc4ccccc45)cc-2c31. The molecule has 0 atom stereocenters. The molecule has 53 heavy (non-hydrogen) atoms. The van der Waals surface area contributed by atoms with Crippen LogP contribution in [0.25, 0.3) is 82.8 Å². The van der Waals surface area contributed by atoms with Crippen LogP contribution in [0.5, 0.6) is 17.2 Å². The first-order valence-electron chi connectivity index (χ1n) is 18.0. The van der Waals surface area contributed by atoms with E-state index in [1.54, 1.807) is 0 Å². The largest absolute Gasteiger partial charge is 0.551 e. The number of hydrogen-bond acceptors (Lipinski definition) is 3. The summed E-state index contributed by atoms with van der Waals surface area (Å²) in [5.41, 5.74) is 13.8. The minimum Gasteiger partial charge on any atom is -0.551 e. The maximum Gasteiger partial charge on any atom is 0.434 e. The van der Waals surface area contributed by atoms with Gasteiger partial charge in [-0.1, -0.05) is 115 Å². The van der Waals surface area contributed by atoms with E-state index in [1.165, 1.54) is 21.8 Å². The third kappa shape index (κ3) is 4.13. The molecule has 2 aromatic heterocycles. The van der Waals surface area contributed by atoms with Crippen LogP contribution in [0.2, 0.25) is 0 Å². The fourth-order valence-corrected chi connectivity index (χ4v) is 8.67. The predicted octanol–water partition coefficient (Wildman–Crippen LogP) is 11.3. The monoisotopic (exact) mass is 677 g/mol. The Morgan fingerprint density at radius 3 is 1.92 bits per heavy atom. The molecule has 0 spiro atoms. The van der Waals surface area contributed by atoms with Crippen molar-refractivity contribution < 1.29 is 13.8 Å². The minimum absolute atomic E-state index is 0.290. The Balaban J connectivity index is 0.978. The number of nitrogens with zero attached hydrogens (tertiary/aromatic N) is 1. The van der Waals surface area contributed by atoms with Crippen LogP contribution in [-0.4, -0.2) is 11.5 Å². The Bertz CT molecular complexity index is 3080. The van der Waals surface area contributed by atoms with E-state index in [2.05, 4.69) is 156 Å². The van der Waals surface area contributed by atoms with E-state index in [0.717, 1.165) is 89.2 Å². The van der Waals surface area contributed by atoms with Gasteiger partial charge in [0.1, 0.15) is 28.4 Å². The van der Waals surface area contributed by atoms with Gasteiger partial charge in [-0.25, -0.2) is 0 Å². The Labute approximate surface area is 305 Å². The van der Waals surface area contributed by atoms with E-state index in [0.29, 0.717) is 0 Å². The first-order chi connectivity index (χ1) is 26.3. The second-order valence-corrected chi connectivity index (χ2v) is 14.0. The fourth-order valence-electron chi connectivity index (χ4n) is 8.67. The van der Waals surface area contributed by atoms with E-state index >= 15 is 0 Å². The number of benzene rings is 8. The van der Waals surface area contributed by atoms with E-state index in [9.17, 15) is 0 Å². The molecule has 8 aromatic carbocycles. The highest BCUT2D eigenvalue weighted by Crippen LogP contribution is 2.44. The molecule has 0 amide bonds. The number of furan rings is 1. The van der Waals surface area contributed by atoms with Gasteiger partial charge in [0.25, 0.3) is 0 Å². The van der Waals surface area contributed by atoms with Gasteiger partial charge in [0, 0.05) is 49.3 Å². The maximum absolute atomic E-state index is 6.90. The van der Waals surface area contributed by atoms with Gasteiger partial charge < -0.3 is 18.4 Å². The van der Waals surface area contributed by atoms with Crippen LogP contribution in [0.15, 0.2) is 174 Å². The minimum atomic E-state index is -0.290. The molecule has 0 saturated heterocycles. The molecule has 0 N–H and O–H groups in total. The van der Waals surface area contributed by atoms with Crippen LogP contribution >= 0.6 is 0 Å². The molecule has 0 aliphatic carbocycles. The summed E-state index contributed by atoms with van der Waals surface area (Å²) in [6, 6.07) is 59.9. The van der Waals surface area contributed by atoms with Crippen molar-refractivity contribution in [1.82, 2.24) is 4.57 Å². The van der Waals surface area contributed by atoms with Crippen molar-refractivity contribution in [3.63, 3.8) is 0 Å². The summed E-state index contributed by atoms with van der Waals surface area (Å²) in [5.74, 6) is 2.47. The summed E-state index contributed by atoms with van der Waals surface area (Å²) < 4.78 is 22.5. The Morgan fingerprint density at radius 1 is 0.434 bits per heavy atom. The van der Waals surface area contributed by atoms with E-state index in [1.807, 2.05) is 18.2 Å². The lowest BCUT2D eigenvalue weighted by Gasteiger charge is -2.33. The highest BCUT2D eigenvalue weighted by Gasteiger charge is 2.41. The molecule has 12 rings (SSSR count). The fraction of sp³-hybridized carbons (Fsp3) is 0. The van der Waals surface area contributed by atoms with Crippen molar-refractivity contribution in [3.05, 3.63) is 170 Å². The van der Waals surface area contributed by atoms with E-state index < -0.39 is 0 Å². The van der Waals surface area contributed by atoms with Crippen LogP contribution in [0.3, 0.4) is 0 Å². The van der Waals surface area contributed by atoms with Gasteiger partial charge in [-0.05, 0) is 76.9 Å². The molecule has 246 valence electrons. The molecule has 0 bridgehead atoms. The van der Waals surface area contributed by atoms with Gasteiger partial charge in [-0.2, -0.15) is 0 Å². The molecule has 0 radical (unpaired) electrons. The topological polar surface area (TPSA) is 36.5 Å². The average molecular weight is 678 g/mol. The lowest BCUT2D eigenvalue weighted by atomic mass is 9.50. The third-order valence-electron chi connectivity index (χ3n) is 11.1. The Kier molecular flexibility index (Phi) is 5.83. The molecular weight excluding hydrogens is 649 g/mol. The predicted molar refractivity (Wildman–Crippen MR) is 217 cm³/mol. The Morgan fingerprint density at radius 2 is 1.09 bits per heavy atom. The lowest BCUT2D eigenvalue weighted by Crippen LogP contribution is -2.53. The van der Waals surface area contributed by atoms with Gasteiger partial charge >= 0.3 is 6.92 Å². The van der Waals surface area contributed by atoms with Gasteiger partial charge in [0.05, 0.1) is 11.0 Å². The number of hydrogen-bond donors (Lipinski definition) is 0. The standard InChI is InChI=1S/C48H28BNO3/c1-5-16-41-34(10-1)35-11-2-6-17-42(35)50(41)32-23-20-29(21-24-32)30-22-25-40-45(27-30)51-46-28-31(26-39-37-13-4-8-19-44(37)53-49(40)47(39)46)33-14-9-15-38-36-12-3-7-18-43(36)52-48(33)38/h1-28H. The third-order valence-corrected chi connectivity index (χ3v) is 11.1. The summed E-state index contributed by atoms with van der Waals surface area (Å²) in [4.78, 5) is 0. The highest BCUT2D eigenvalue weighted by atomic mass is 16.5. The molecule has 0 fully saturated rings. The zero-order valence-corrected chi connectivity index (χ0v) is 28.4. The number of ether oxygens (including phenoxy) is 1. The molecular formula is C48H28BNO3. The zero-order valence-electron chi connectivity index (χ0n) is 28.4. The first-order valence-corrected chi connectivity index (χ1v) is 18.0. The molecule has 0 unspecified atom stereocenters. The molecule has 4 nitrogen and oxygen atoms in total.